The van der Waals surface area contributed by atoms with E-state index in [1.165, 1.54) is 12.1 Å². The molecule has 0 aromatic heterocycles. The molecule has 0 saturated carbocycles. The maximum atomic E-state index is 12.3. The molecule has 0 heterocycles. The normalized spacial score (nSPS) is 15.6. The zero-order valence-electron chi connectivity index (χ0n) is 9.96. The Bertz CT molecular complexity index is 341. The molecule has 1 rings (SSSR count). The van der Waals surface area contributed by atoms with Crippen molar-refractivity contribution in [2.75, 3.05) is 0 Å². The number of hydrogen-bond acceptors (Lipinski definition) is 1. The molecule has 0 amide bonds. The maximum Gasteiger partial charge on any atom is 0.416 e. The van der Waals surface area contributed by atoms with Crippen LogP contribution in [0, 0.1) is 5.92 Å². The largest absolute Gasteiger partial charge is 0.416 e. The predicted molar refractivity (Wildman–Crippen MR) is 60.6 cm³/mol. The molecule has 1 N–H and O–H groups in total. The highest BCUT2D eigenvalue weighted by Gasteiger charge is 2.30. The quantitative estimate of drug-likeness (QED) is 0.859. The highest BCUT2D eigenvalue weighted by Crippen LogP contribution is 2.29. The van der Waals surface area contributed by atoms with Gasteiger partial charge in [0.1, 0.15) is 0 Å². The Morgan fingerprint density at radius 3 is 2.06 bits per heavy atom. The highest BCUT2D eigenvalue weighted by molar-refractivity contribution is 5.25. The summed E-state index contributed by atoms with van der Waals surface area (Å²) in [5.74, 6) is 0.0896. The molecule has 0 saturated heterocycles. The molecule has 0 spiro atoms. The average molecular weight is 246 g/mol. The van der Waals surface area contributed by atoms with E-state index in [4.69, 9.17) is 0 Å². The van der Waals surface area contributed by atoms with E-state index in [2.05, 4.69) is 0 Å². The van der Waals surface area contributed by atoms with Gasteiger partial charge in [-0.3, -0.25) is 0 Å². The van der Waals surface area contributed by atoms with E-state index in [1.54, 1.807) is 6.92 Å². The van der Waals surface area contributed by atoms with Crippen LogP contribution in [0.3, 0.4) is 0 Å². The fourth-order valence-electron chi connectivity index (χ4n) is 1.79. The number of hydrogen-bond donors (Lipinski definition) is 1. The second-order valence-electron chi connectivity index (χ2n) is 4.31. The zero-order chi connectivity index (χ0) is 13.1. The lowest BCUT2D eigenvalue weighted by atomic mass is 9.92. The van der Waals surface area contributed by atoms with Crippen LogP contribution in [-0.2, 0) is 12.6 Å². The van der Waals surface area contributed by atoms with E-state index >= 15 is 0 Å². The van der Waals surface area contributed by atoms with Gasteiger partial charge in [-0.05, 0) is 37.0 Å². The van der Waals surface area contributed by atoms with Crippen molar-refractivity contribution in [1.82, 2.24) is 0 Å². The Kier molecular flexibility index (Phi) is 4.57. The molecule has 0 bridgehead atoms. The molecule has 1 aromatic carbocycles. The molecule has 2 atom stereocenters. The van der Waals surface area contributed by atoms with Gasteiger partial charge in [0.15, 0.2) is 0 Å². The number of aliphatic hydroxyl groups excluding tert-OH is 1. The Morgan fingerprint density at radius 2 is 1.71 bits per heavy atom. The van der Waals surface area contributed by atoms with Gasteiger partial charge in [-0.15, -0.1) is 0 Å². The molecule has 0 aliphatic heterocycles. The van der Waals surface area contributed by atoms with Crippen LogP contribution in [0.2, 0.25) is 0 Å². The summed E-state index contributed by atoms with van der Waals surface area (Å²) in [6.45, 7) is 3.67. The molecule has 1 aromatic rings. The van der Waals surface area contributed by atoms with Gasteiger partial charge >= 0.3 is 6.18 Å². The Hall–Kier alpha value is -1.03. The summed E-state index contributed by atoms with van der Waals surface area (Å²) in [4.78, 5) is 0. The zero-order valence-corrected chi connectivity index (χ0v) is 9.96. The minimum absolute atomic E-state index is 0.0896. The van der Waals surface area contributed by atoms with Crippen LogP contribution >= 0.6 is 0 Å². The second kappa shape index (κ2) is 5.54. The van der Waals surface area contributed by atoms with Crippen LogP contribution in [0.5, 0.6) is 0 Å². The summed E-state index contributed by atoms with van der Waals surface area (Å²) in [7, 11) is 0. The topological polar surface area (TPSA) is 20.2 Å². The lowest BCUT2D eigenvalue weighted by Gasteiger charge is -2.18. The third-order valence-electron chi connectivity index (χ3n) is 2.99. The summed E-state index contributed by atoms with van der Waals surface area (Å²) in [5, 5.41) is 9.48. The summed E-state index contributed by atoms with van der Waals surface area (Å²) in [6.07, 6.45) is -3.32. The van der Waals surface area contributed by atoms with Crippen molar-refractivity contribution in [3.05, 3.63) is 35.4 Å². The second-order valence-corrected chi connectivity index (χ2v) is 4.31. The van der Waals surface area contributed by atoms with Crippen molar-refractivity contribution in [2.45, 2.75) is 39.0 Å². The molecular formula is C13H17F3O. The number of benzene rings is 1. The number of aliphatic hydroxyl groups is 1. The van der Waals surface area contributed by atoms with Gasteiger partial charge in [0.25, 0.3) is 0 Å². The first-order valence-electron chi connectivity index (χ1n) is 5.68. The van der Waals surface area contributed by atoms with Crippen LogP contribution in [0.4, 0.5) is 13.2 Å². The standard InChI is InChI=1S/C13H17F3O/c1-3-11(9(2)17)8-10-4-6-12(7-5-10)13(14,15)16/h4-7,9,11,17H,3,8H2,1-2H3. The molecule has 96 valence electrons. The van der Waals surface area contributed by atoms with Gasteiger partial charge in [0.05, 0.1) is 11.7 Å². The Labute approximate surface area is 99.3 Å². The van der Waals surface area contributed by atoms with Gasteiger partial charge in [-0.2, -0.15) is 13.2 Å². The number of alkyl halides is 3. The van der Waals surface area contributed by atoms with E-state index in [0.29, 0.717) is 6.42 Å². The third kappa shape index (κ3) is 4.04. The average Bonchev–Trinajstić information content (AvgIpc) is 2.25. The van der Waals surface area contributed by atoms with Gasteiger partial charge in [-0.25, -0.2) is 0 Å². The first kappa shape index (κ1) is 14.0. The molecule has 0 aliphatic carbocycles. The van der Waals surface area contributed by atoms with Gasteiger partial charge in [-0.1, -0.05) is 25.5 Å². The monoisotopic (exact) mass is 246 g/mol. The molecule has 0 radical (unpaired) electrons. The van der Waals surface area contributed by atoms with Crippen LogP contribution in [0.25, 0.3) is 0 Å². The van der Waals surface area contributed by atoms with Crippen molar-refractivity contribution < 1.29 is 18.3 Å². The van der Waals surface area contributed by atoms with Crippen molar-refractivity contribution in [1.29, 1.82) is 0 Å². The van der Waals surface area contributed by atoms with Crippen LogP contribution in [-0.4, -0.2) is 11.2 Å². The molecule has 4 heteroatoms. The lowest BCUT2D eigenvalue weighted by molar-refractivity contribution is -0.137. The first-order valence-corrected chi connectivity index (χ1v) is 5.68. The third-order valence-corrected chi connectivity index (χ3v) is 2.99. The van der Waals surface area contributed by atoms with Crippen LogP contribution in [0.15, 0.2) is 24.3 Å². The van der Waals surface area contributed by atoms with Crippen molar-refractivity contribution in [3.63, 3.8) is 0 Å². The van der Waals surface area contributed by atoms with Crippen LogP contribution in [0.1, 0.15) is 31.4 Å². The van der Waals surface area contributed by atoms with E-state index in [0.717, 1.165) is 24.1 Å². The summed E-state index contributed by atoms with van der Waals surface area (Å²) >= 11 is 0. The SMILES string of the molecule is CCC(Cc1ccc(C(F)(F)F)cc1)C(C)O. The van der Waals surface area contributed by atoms with Crippen molar-refractivity contribution >= 4 is 0 Å². The summed E-state index contributed by atoms with van der Waals surface area (Å²) in [5.41, 5.74) is 0.192. The fraction of sp³-hybridized carbons (Fsp3) is 0.538. The Morgan fingerprint density at radius 1 is 1.18 bits per heavy atom. The Balaban J connectivity index is 2.75. The smallest absolute Gasteiger partial charge is 0.393 e. The molecule has 2 unspecified atom stereocenters. The van der Waals surface area contributed by atoms with Gasteiger partial charge < -0.3 is 5.11 Å². The number of rotatable bonds is 4. The first-order chi connectivity index (χ1) is 7.84. The van der Waals surface area contributed by atoms with Crippen molar-refractivity contribution in [3.8, 4) is 0 Å². The molecule has 0 fully saturated rings. The van der Waals surface area contributed by atoms with Gasteiger partial charge in [0, 0.05) is 0 Å². The van der Waals surface area contributed by atoms with E-state index in [1.807, 2.05) is 6.92 Å². The molecule has 0 aliphatic rings. The number of halogens is 3. The fourth-order valence-corrected chi connectivity index (χ4v) is 1.79. The summed E-state index contributed by atoms with van der Waals surface area (Å²) < 4.78 is 37.0. The van der Waals surface area contributed by atoms with E-state index in [-0.39, 0.29) is 5.92 Å². The van der Waals surface area contributed by atoms with E-state index in [9.17, 15) is 18.3 Å². The summed E-state index contributed by atoms with van der Waals surface area (Å²) in [6, 6.07) is 5.13. The van der Waals surface area contributed by atoms with Crippen molar-refractivity contribution in [2.24, 2.45) is 5.92 Å². The van der Waals surface area contributed by atoms with E-state index < -0.39 is 17.8 Å². The van der Waals surface area contributed by atoms with Crippen LogP contribution < -0.4 is 0 Å². The molecule has 1 nitrogen and oxygen atoms in total. The predicted octanol–water partition coefficient (Wildman–Crippen LogP) is 3.65. The molecular weight excluding hydrogens is 229 g/mol. The highest BCUT2D eigenvalue weighted by atomic mass is 19.4. The minimum atomic E-state index is -4.28. The maximum absolute atomic E-state index is 12.3. The lowest BCUT2D eigenvalue weighted by Crippen LogP contribution is -2.18. The molecule has 17 heavy (non-hydrogen) atoms. The minimum Gasteiger partial charge on any atom is -0.393 e. The van der Waals surface area contributed by atoms with Gasteiger partial charge in [0.2, 0.25) is 0 Å².